The van der Waals surface area contributed by atoms with Crippen molar-refractivity contribution >= 4 is 23.7 Å². The molecular weight excluding hydrogens is 400 g/mol. The lowest BCUT2D eigenvalue weighted by Crippen LogP contribution is -2.39. The lowest BCUT2D eigenvalue weighted by atomic mass is 9.93. The Bertz CT molecular complexity index is 667. The van der Waals surface area contributed by atoms with Crippen molar-refractivity contribution < 1.29 is 28.6 Å². The summed E-state index contributed by atoms with van der Waals surface area (Å²) in [6.07, 6.45) is 5.78. The van der Waals surface area contributed by atoms with Crippen LogP contribution in [0.4, 0.5) is 10.5 Å². The van der Waals surface area contributed by atoms with Gasteiger partial charge in [-0.15, -0.1) is 0 Å². The highest BCUT2D eigenvalue weighted by Crippen LogP contribution is 2.20. The number of esters is 2. The minimum absolute atomic E-state index is 0.0631. The van der Waals surface area contributed by atoms with E-state index in [4.69, 9.17) is 14.2 Å². The van der Waals surface area contributed by atoms with Crippen LogP contribution < -0.4 is 10.6 Å². The lowest BCUT2D eigenvalue weighted by Gasteiger charge is -2.25. The zero-order valence-corrected chi connectivity index (χ0v) is 18.9. The van der Waals surface area contributed by atoms with Crippen LogP contribution in [-0.2, 0) is 23.8 Å². The van der Waals surface area contributed by atoms with Crippen LogP contribution in [-0.4, -0.2) is 51.4 Å². The summed E-state index contributed by atoms with van der Waals surface area (Å²) in [7, 11) is 1.49. The summed E-state index contributed by atoms with van der Waals surface area (Å²) < 4.78 is 15.4. The van der Waals surface area contributed by atoms with E-state index in [9.17, 15) is 14.4 Å². The molecule has 0 aromatic heterocycles. The second kappa shape index (κ2) is 15.2. The van der Waals surface area contributed by atoms with Crippen molar-refractivity contribution in [1.29, 1.82) is 0 Å². The Kier molecular flexibility index (Phi) is 13.0. The molecule has 31 heavy (non-hydrogen) atoms. The van der Waals surface area contributed by atoms with Crippen molar-refractivity contribution in [2.45, 2.75) is 52.4 Å². The number of nitrogens with one attached hydrogen (secondary N) is 2. The first-order valence-electron chi connectivity index (χ1n) is 10.8. The molecule has 1 aromatic carbocycles. The van der Waals surface area contributed by atoms with E-state index in [0.717, 1.165) is 44.2 Å². The maximum absolute atomic E-state index is 12.3. The molecular formula is C23H36N2O6. The number of ether oxygens (including phenoxy) is 3. The predicted octanol–water partition coefficient (Wildman–Crippen LogP) is 3.91. The number of hydrogen-bond acceptors (Lipinski definition) is 6. The SMILES string of the molecule is COCC(C)(COC(C)=O)C(=O)OCCCCCCCCNC(=O)Nc1ccccc1. The fourth-order valence-electron chi connectivity index (χ4n) is 2.91. The van der Waals surface area contributed by atoms with Crippen LogP contribution in [0.15, 0.2) is 30.3 Å². The first kappa shape index (κ1) is 26.4. The number of rotatable bonds is 15. The number of hydrogen-bond donors (Lipinski definition) is 2. The number of urea groups is 1. The number of carbonyl (C=O) groups excluding carboxylic acids is 3. The standard InChI is InChI=1S/C23H36N2O6/c1-19(26)31-18-23(2,17-29-3)21(27)30-16-12-7-5-4-6-11-15-24-22(28)25-20-13-9-8-10-14-20/h8-10,13-14H,4-7,11-12,15-18H2,1-3H3,(H2,24,25,28). The van der Waals surface area contributed by atoms with Crippen molar-refractivity contribution in [3.63, 3.8) is 0 Å². The monoisotopic (exact) mass is 436 g/mol. The molecule has 0 saturated heterocycles. The summed E-state index contributed by atoms with van der Waals surface area (Å²) in [5.74, 6) is -0.863. The number of anilines is 1. The van der Waals surface area contributed by atoms with Gasteiger partial charge in [0.05, 0.1) is 13.2 Å². The number of para-hydroxylation sites is 1. The van der Waals surface area contributed by atoms with E-state index in [1.165, 1.54) is 14.0 Å². The van der Waals surface area contributed by atoms with Gasteiger partial charge in [-0.3, -0.25) is 9.59 Å². The number of methoxy groups -OCH3 is 1. The molecule has 0 aliphatic heterocycles. The third kappa shape index (κ3) is 12.0. The van der Waals surface area contributed by atoms with Crippen LogP contribution in [0.5, 0.6) is 0 Å². The highest BCUT2D eigenvalue weighted by atomic mass is 16.6. The minimum Gasteiger partial charge on any atom is -0.465 e. The van der Waals surface area contributed by atoms with E-state index in [-0.39, 0.29) is 19.2 Å². The summed E-state index contributed by atoms with van der Waals surface area (Å²) in [5.41, 5.74) is -0.227. The van der Waals surface area contributed by atoms with Gasteiger partial charge in [0.2, 0.25) is 0 Å². The Balaban J connectivity index is 2.04. The van der Waals surface area contributed by atoms with Crippen LogP contribution in [0, 0.1) is 5.41 Å². The van der Waals surface area contributed by atoms with Gasteiger partial charge in [-0.05, 0) is 31.9 Å². The van der Waals surface area contributed by atoms with Gasteiger partial charge in [-0.1, -0.05) is 43.9 Å². The maximum Gasteiger partial charge on any atom is 0.319 e. The fourth-order valence-corrected chi connectivity index (χ4v) is 2.91. The van der Waals surface area contributed by atoms with E-state index in [0.29, 0.717) is 13.2 Å². The summed E-state index contributed by atoms with van der Waals surface area (Å²) in [5, 5.41) is 5.63. The third-order valence-electron chi connectivity index (χ3n) is 4.67. The van der Waals surface area contributed by atoms with Crippen molar-refractivity contribution in [2.24, 2.45) is 5.41 Å². The zero-order chi connectivity index (χ0) is 23.0. The molecule has 1 unspecified atom stereocenters. The molecule has 0 saturated carbocycles. The van der Waals surface area contributed by atoms with Gasteiger partial charge < -0.3 is 24.8 Å². The van der Waals surface area contributed by atoms with Crippen molar-refractivity contribution in [3.05, 3.63) is 30.3 Å². The molecule has 174 valence electrons. The molecule has 0 fully saturated rings. The van der Waals surface area contributed by atoms with E-state index in [2.05, 4.69) is 10.6 Å². The molecule has 8 nitrogen and oxygen atoms in total. The average molecular weight is 437 g/mol. The Morgan fingerprint density at radius 1 is 0.903 bits per heavy atom. The summed E-state index contributed by atoms with van der Waals surface area (Å²) in [6, 6.07) is 9.14. The van der Waals surface area contributed by atoms with Crippen molar-refractivity contribution in [3.8, 4) is 0 Å². The molecule has 0 spiro atoms. The van der Waals surface area contributed by atoms with Crippen LogP contribution in [0.3, 0.4) is 0 Å². The molecule has 1 atom stereocenters. The van der Waals surface area contributed by atoms with Gasteiger partial charge in [-0.25, -0.2) is 4.79 Å². The highest BCUT2D eigenvalue weighted by Gasteiger charge is 2.36. The van der Waals surface area contributed by atoms with Crippen LogP contribution in [0.2, 0.25) is 0 Å². The van der Waals surface area contributed by atoms with E-state index in [1.54, 1.807) is 6.92 Å². The Labute approximate surface area is 185 Å². The van der Waals surface area contributed by atoms with Crippen molar-refractivity contribution in [1.82, 2.24) is 5.32 Å². The average Bonchev–Trinajstić information content (AvgIpc) is 2.74. The number of unbranched alkanes of at least 4 members (excludes halogenated alkanes) is 5. The first-order valence-corrected chi connectivity index (χ1v) is 10.8. The molecule has 0 bridgehead atoms. The van der Waals surface area contributed by atoms with Gasteiger partial charge in [0.1, 0.15) is 12.0 Å². The van der Waals surface area contributed by atoms with Crippen molar-refractivity contribution in [2.75, 3.05) is 38.8 Å². The van der Waals surface area contributed by atoms with Gasteiger partial charge in [0.15, 0.2) is 0 Å². The molecule has 1 aromatic rings. The van der Waals surface area contributed by atoms with Gasteiger partial charge in [-0.2, -0.15) is 0 Å². The summed E-state index contributed by atoms with van der Waals surface area (Å²) in [4.78, 5) is 35.1. The largest absolute Gasteiger partial charge is 0.465 e. The molecule has 2 N–H and O–H groups in total. The van der Waals surface area contributed by atoms with E-state index < -0.39 is 17.4 Å². The van der Waals surface area contributed by atoms with E-state index in [1.807, 2.05) is 30.3 Å². The molecule has 0 heterocycles. The Morgan fingerprint density at radius 2 is 1.55 bits per heavy atom. The van der Waals surface area contributed by atoms with Crippen LogP contribution in [0.25, 0.3) is 0 Å². The fraction of sp³-hybridized carbons (Fsp3) is 0.609. The number of benzene rings is 1. The second-order valence-electron chi connectivity index (χ2n) is 7.78. The topological polar surface area (TPSA) is 103 Å². The Morgan fingerprint density at radius 3 is 2.19 bits per heavy atom. The molecule has 2 amide bonds. The molecule has 0 aliphatic carbocycles. The Hall–Kier alpha value is -2.61. The lowest BCUT2D eigenvalue weighted by molar-refractivity contribution is -0.166. The quantitative estimate of drug-likeness (QED) is 0.319. The highest BCUT2D eigenvalue weighted by molar-refractivity contribution is 5.89. The normalized spacial score (nSPS) is 12.5. The minimum atomic E-state index is -1.000. The van der Waals surface area contributed by atoms with Crippen LogP contribution >= 0.6 is 0 Å². The predicted molar refractivity (Wildman–Crippen MR) is 119 cm³/mol. The molecule has 0 aliphatic rings. The number of carbonyl (C=O) groups is 3. The first-order chi connectivity index (χ1) is 14.9. The molecule has 1 rings (SSSR count). The number of amides is 2. The molecule has 8 heteroatoms. The zero-order valence-electron chi connectivity index (χ0n) is 18.9. The van der Waals surface area contributed by atoms with Gasteiger partial charge in [0.25, 0.3) is 0 Å². The second-order valence-corrected chi connectivity index (χ2v) is 7.78. The van der Waals surface area contributed by atoms with Gasteiger partial charge in [0, 0.05) is 26.3 Å². The summed E-state index contributed by atoms with van der Waals surface area (Å²) in [6.45, 7) is 3.99. The molecule has 0 radical (unpaired) electrons. The van der Waals surface area contributed by atoms with Crippen LogP contribution in [0.1, 0.15) is 52.4 Å². The summed E-state index contributed by atoms with van der Waals surface area (Å²) >= 11 is 0. The maximum atomic E-state index is 12.3. The van der Waals surface area contributed by atoms with Gasteiger partial charge >= 0.3 is 18.0 Å². The third-order valence-corrected chi connectivity index (χ3v) is 4.67. The van der Waals surface area contributed by atoms with E-state index >= 15 is 0 Å². The smallest absolute Gasteiger partial charge is 0.319 e.